The molecule has 1 aromatic rings. The molecule has 116 valence electrons. The molecule has 0 atom stereocenters. The SMILES string of the molecule is CCN(CC)C(=O)CCN1CCN(c2ccccn2)CC1. The Labute approximate surface area is 127 Å². The van der Waals surface area contributed by atoms with Gasteiger partial charge in [-0.25, -0.2) is 4.98 Å². The Hall–Kier alpha value is -1.62. The standard InChI is InChI=1S/C16H26N4O/c1-3-19(4-2)16(21)8-10-18-11-13-20(14-12-18)15-7-5-6-9-17-15/h5-7,9H,3-4,8,10-14H2,1-2H3. The maximum absolute atomic E-state index is 12.0. The van der Waals surface area contributed by atoms with Gasteiger partial charge in [0, 0.05) is 58.4 Å². The maximum Gasteiger partial charge on any atom is 0.223 e. The van der Waals surface area contributed by atoms with E-state index in [4.69, 9.17) is 0 Å². The summed E-state index contributed by atoms with van der Waals surface area (Å²) in [6.07, 6.45) is 2.47. The van der Waals surface area contributed by atoms with Gasteiger partial charge in [-0.2, -0.15) is 0 Å². The molecule has 0 spiro atoms. The van der Waals surface area contributed by atoms with Crippen LogP contribution in [0.25, 0.3) is 0 Å². The number of hydrogen-bond donors (Lipinski definition) is 0. The Morgan fingerprint density at radius 2 is 1.90 bits per heavy atom. The van der Waals surface area contributed by atoms with Crippen molar-refractivity contribution in [3.8, 4) is 0 Å². The number of pyridine rings is 1. The minimum absolute atomic E-state index is 0.271. The van der Waals surface area contributed by atoms with Crippen LogP contribution in [0.5, 0.6) is 0 Å². The highest BCUT2D eigenvalue weighted by atomic mass is 16.2. The molecule has 1 saturated heterocycles. The second-order valence-electron chi connectivity index (χ2n) is 5.33. The zero-order valence-electron chi connectivity index (χ0n) is 13.2. The average molecular weight is 290 g/mol. The van der Waals surface area contributed by atoms with Gasteiger partial charge >= 0.3 is 0 Å². The molecule has 1 amide bonds. The fourth-order valence-corrected chi connectivity index (χ4v) is 2.73. The van der Waals surface area contributed by atoms with Crippen molar-refractivity contribution < 1.29 is 4.79 Å². The van der Waals surface area contributed by atoms with Gasteiger partial charge in [0.1, 0.15) is 5.82 Å². The number of aromatic nitrogens is 1. The highest BCUT2D eigenvalue weighted by molar-refractivity contribution is 5.76. The Morgan fingerprint density at radius 3 is 2.48 bits per heavy atom. The Balaban J connectivity index is 1.73. The monoisotopic (exact) mass is 290 g/mol. The maximum atomic E-state index is 12.0. The molecule has 2 heterocycles. The van der Waals surface area contributed by atoms with Crippen molar-refractivity contribution in [1.29, 1.82) is 0 Å². The number of nitrogens with zero attached hydrogens (tertiary/aromatic N) is 4. The third-order valence-corrected chi connectivity index (χ3v) is 4.10. The topological polar surface area (TPSA) is 39.7 Å². The van der Waals surface area contributed by atoms with Crippen LogP contribution in [0, 0.1) is 0 Å². The van der Waals surface area contributed by atoms with Crippen LogP contribution in [0.3, 0.4) is 0 Å². The first-order valence-corrected chi connectivity index (χ1v) is 7.90. The molecule has 2 rings (SSSR count). The summed E-state index contributed by atoms with van der Waals surface area (Å²) in [6, 6.07) is 6.02. The molecular weight excluding hydrogens is 264 g/mol. The van der Waals surface area contributed by atoms with Gasteiger partial charge in [-0.05, 0) is 26.0 Å². The summed E-state index contributed by atoms with van der Waals surface area (Å²) >= 11 is 0. The lowest BCUT2D eigenvalue weighted by Gasteiger charge is -2.35. The van der Waals surface area contributed by atoms with Gasteiger partial charge in [0.2, 0.25) is 5.91 Å². The molecule has 0 aliphatic carbocycles. The fourth-order valence-electron chi connectivity index (χ4n) is 2.73. The Kier molecular flexibility index (Phi) is 5.99. The van der Waals surface area contributed by atoms with E-state index in [0.717, 1.165) is 51.6 Å². The lowest BCUT2D eigenvalue weighted by molar-refractivity contribution is -0.131. The molecule has 0 radical (unpaired) electrons. The van der Waals surface area contributed by atoms with E-state index in [1.807, 2.05) is 37.1 Å². The van der Waals surface area contributed by atoms with Crippen molar-refractivity contribution in [2.24, 2.45) is 0 Å². The summed E-state index contributed by atoms with van der Waals surface area (Å²) in [6.45, 7) is 10.5. The number of carbonyl (C=O) groups is 1. The molecule has 5 nitrogen and oxygen atoms in total. The van der Waals surface area contributed by atoms with E-state index in [0.29, 0.717) is 6.42 Å². The molecule has 0 bridgehead atoms. The molecular formula is C16H26N4O. The highest BCUT2D eigenvalue weighted by Crippen LogP contribution is 2.12. The normalized spacial score (nSPS) is 16.0. The molecule has 0 N–H and O–H groups in total. The van der Waals surface area contributed by atoms with Gasteiger partial charge in [-0.15, -0.1) is 0 Å². The van der Waals surface area contributed by atoms with Crippen molar-refractivity contribution in [2.75, 3.05) is 50.7 Å². The highest BCUT2D eigenvalue weighted by Gasteiger charge is 2.19. The molecule has 0 aromatic carbocycles. The van der Waals surface area contributed by atoms with Crippen LogP contribution in [0.2, 0.25) is 0 Å². The Morgan fingerprint density at radius 1 is 1.19 bits per heavy atom. The molecule has 1 aromatic heterocycles. The van der Waals surface area contributed by atoms with E-state index in [2.05, 4.69) is 20.9 Å². The largest absolute Gasteiger partial charge is 0.354 e. The minimum Gasteiger partial charge on any atom is -0.354 e. The minimum atomic E-state index is 0.271. The lowest BCUT2D eigenvalue weighted by Crippen LogP contribution is -2.47. The summed E-state index contributed by atoms with van der Waals surface area (Å²) in [5.74, 6) is 1.32. The molecule has 0 saturated carbocycles. The van der Waals surface area contributed by atoms with Gasteiger partial charge in [0.05, 0.1) is 0 Å². The predicted octanol–water partition coefficient (Wildman–Crippen LogP) is 1.46. The third-order valence-electron chi connectivity index (χ3n) is 4.10. The molecule has 1 aliphatic rings. The average Bonchev–Trinajstić information content (AvgIpc) is 2.55. The van der Waals surface area contributed by atoms with Crippen LogP contribution in [-0.4, -0.2) is 66.5 Å². The van der Waals surface area contributed by atoms with Gasteiger partial charge < -0.3 is 9.80 Å². The van der Waals surface area contributed by atoms with E-state index < -0.39 is 0 Å². The van der Waals surface area contributed by atoms with Crippen molar-refractivity contribution in [3.63, 3.8) is 0 Å². The van der Waals surface area contributed by atoms with Gasteiger partial charge in [0.15, 0.2) is 0 Å². The van der Waals surface area contributed by atoms with Gasteiger partial charge in [0.25, 0.3) is 0 Å². The second-order valence-corrected chi connectivity index (χ2v) is 5.33. The van der Waals surface area contributed by atoms with Crippen molar-refractivity contribution in [3.05, 3.63) is 24.4 Å². The van der Waals surface area contributed by atoms with Crippen molar-refractivity contribution in [1.82, 2.24) is 14.8 Å². The molecule has 5 heteroatoms. The van der Waals surface area contributed by atoms with Crippen LogP contribution >= 0.6 is 0 Å². The zero-order chi connectivity index (χ0) is 15.1. The molecule has 1 fully saturated rings. The van der Waals surface area contributed by atoms with Crippen molar-refractivity contribution in [2.45, 2.75) is 20.3 Å². The molecule has 0 unspecified atom stereocenters. The number of carbonyl (C=O) groups excluding carboxylic acids is 1. The molecule has 21 heavy (non-hydrogen) atoms. The first-order chi connectivity index (χ1) is 10.2. The summed E-state index contributed by atoms with van der Waals surface area (Å²) in [5, 5.41) is 0. The Bertz CT molecular complexity index is 425. The number of anilines is 1. The first-order valence-electron chi connectivity index (χ1n) is 7.90. The molecule has 1 aliphatic heterocycles. The second kappa shape index (κ2) is 7.98. The van der Waals surface area contributed by atoms with E-state index in [1.54, 1.807) is 0 Å². The smallest absolute Gasteiger partial charge is 0.223 e. The summed E-state index contributed by atoms with van der Waals surface area (Å²) in [5.41, 5.74) is 0. The summed E-state index contributed by atoms with van der Waals surface area (Å²) < 4.78 is 0. The van der Waals surface area contributed by atoms with Crippen LogP contribution < -0.4 is 4.90 Å². The summed E-state index contributed by atoms with van der Waals surface area (Å²) in [7, 11) is 0. The van der Waals surface area contributed by atoms with Crippen LogP contribution in [0.15, 0.2) is 24.4 Å². The number of rotatable bonds is 6. The number of amides is 1. The van der Waals surface area contributed by atoms with Gasteiger partial charge in [-0.3, -0.25) is 9.69 Å². The van der Waals surface area contributed by atoms with Crippen molar-refractivity contribution >= 4 is 11.7 Å². The van der Waals surface area contributed by atoms with E-state index in [1.165, 1.54) is 0 Å². The van der Waals surface area contributed by atoms with Crippen LogP contribution in [-0.2, 0) is 4.79 Å². The number of hydrogen-bond acceptors (Lipinski definition) is 4. The lowest BCUT2D eigenvalue weighted by atomic mass is 10.2. The first kappa shape index (κ1) is 15.8. The van der Waals surface area contributed by atoms with Gasteiger partial charge in [-0.1, -0.05) is 6.07 Å². The quantitative estimate of drug-likeness (QED) is 0.795. The van der Waals surface area contributed by atoms with Crippen LogP contribution in [0.4, 0.5) is 5.82 Å². The number of piperazine rings is 1. The fraction of sp³-hybridized carbons (Fsp3) is 0.625. The van der Waals surface area contributed by atoms with E-state index in [9.17, 15) is 4.79 Å². The van der Waals surface area contributed by atoms with E-state index in [-0.39, 0.29) is 5.91 Å². The summed E-state index contributed by atoms with van der Waals surface area (Å²) in [4.78, 5) is 23.0. The van der Waals surface area contributed by atoms with Crippen LogP contribution in [0.1, 0.15) is 20.3 Å². The predicted molar refractivity (Wildman–Crippen MR) is 85.4 cm³/mol. The third kappa shape index (κ3) is 4.43. The zero-order valence-corrected chi connectivity index (χ0v) is 13.2. The van der Waals surface area contributed by atoms with E-state index >= 15 is 0 Å².